The first-order valence-electron chi connectivity index (χ1n) is 3.47. The van der Waals surface area contributed by atoms with Gasteiger partial charge in [0.1, 0.15) is 0 Å². The van der Waals surface area contributed by atoms with Gasteiger partial charge in [-0.3, -0.25) is 5.32 Å². The minimum atomic E-state index is -0.797. The monoisotopic (exact) mass is 185 g/mol. The number of rotatable bonds is 1. The largest absolute Gasteiger partial charge is 0.505 e. The van der Waals surface area contributed by atoms with Crippen molar-refractivity contribution >= 4 is 11.8 Å². The minimum Gasteiger partial charge on any atom is -0.505 e. The fourth-order valence-electron chi connectivity index (χ4n) is 0.754. The van der Waals surface area contributed by atoms with E-state index in [1.165, 1.54) is 13.2 Å². The summed E-state index contributed by atoms with van der Waals surface area (Å²) in [7, 11) is 1.20. The van der Waals surface area contributed by atoms with Crippen molar-refractivity contribution in [3.8, 4) is 5.75 Å². The van der Waals surface area contributed by atoms with Crippen LogP contribution in [0.2, 0.25) is 0 Å². The van der Waals surface area contributed by atoms with Crippen LogP contribution in [0.4, 0.5) is 14.9 Å². The normalized spacial score (nSPS) is 9.38. The van der Waals surface area contributed by atoms with Gasteiger partial charge >= 0.3 is 6.09 Å². The SMILES string of the molecule is COC(=O)Nc1ccc(O)c(F)c1. The third-order valence-corrected chi connectivity index (χ3v) is 1.38. The van der Waals surface area contributed by atoms with Crippen molar-refractivity contribution in [2.45, 2.75) is 0 Å². The Morgan fingerprint density at radius 3 is 2.85 bits per heavy atom. The van der Waals surface area contributed by atoms with Crippen molar-refractivity contribution in [2.24, 2.45) is 0 Å². The first-order valence-corrected chi connectivity index (χ1v) is 3.47. The lowest BCUT2D eigenvalue weighted by atomic mass is 10.3. The van der Waals surface area contributed by atoms with E-state index in [9.17, 15) is 9.18 Å². The second-order valence-corrected chi connectivity index (χ2v) is 2.28. The van der Waals surface area contributed by atoms with Gasteiger partial charge < -0.3 is 9.84 Å². The summed E-state index contributed by atoms with van der Waals surface area (Å²) in [5.74, 6) is -1.26. The zero-order valence-electron chi connectivity index (χ0n) is 6.87. The Kier molecular flexibility index (Phi) is 2.69. The van der Waals surface area contributed by atoms with Crippen molar-refractivity contribution in [3.05, 3.63) is 24.0 Å². The minimum absolute atomic E-state index is 0.224. The van der Waals surface area contributed by atoms with Gasteiger partial charge in [0.2, 0.25) is 0 Å². The molecule has 0 saturated carbocycles. The van der Waals surface area contributed by atoms with Crippen LogP contribution >= 0.6 is 0 Å². The van der Waals surface area contributed by atoms with Crippen LogP contribution < -0.4 is 5.32 Å². The first-order chi connectivity index (χ1) is 6.13. The molecule has 4 nitrogen and oxygen atoms in total. The Balaban J connectivity index is 2.79. The Morgan fingerprint density at radius 1 is 1.62 bits per heavy atom. The number of phenolic OH excluding ortho intramolecular Hbond substituents is 1. The van der Waals surface area contributed by atoms with Crippen LogP contribution in [-0.4, -0.2) is 18.3 Å². The average Bonchev–Trinajstić information content (AvgIpc) is 2.11. The molecule has 0 aromatic heterocycles. The van der Waals surface area contributed by atoms with Gasteiger partial charge in [-0.25, -0.2) is 9.18 Å². The molecule has 0 aliphatic carbocycles. The number of halogens is 1. The maximum atomic E-state index is 12.7. The van der Waals surface area contributed by atoms with E-state index in [-0.39, 0.29) is 5.69 Å². The molecule has 0 radical (unpaired) electrons. The Labute approximate surface area is 73.9 Å². The number of aromatic hydroxyl groups is 1. The maximum absolute atomic E-state index is 12.7. The van der Waals surface area contributed by atoms with E-state index < -0.39 is 17.7 Å². The molecule has 0 saturated heterocycles. The number of ether oxygens (including phenoxy) is 1. The summed E-state index contributed by atoms with van der Waals surface area (Å²) < 4.78 is 17.0. The maximum Gasteiger partial charge on any atom is 0.411 e. The zero-order chi connectivity index (χ0) is 9.84. The number of hydrogen-bond acceptors (Lipinski definition) is 3. The van der Waals surface area contributed by atoms with E-state index in [2.05, 4.69) is 10.1 Å². The van der Waals surface area contributed by atoms with Gasteiger partial charge in [0, 0.05) is 11.8 Å². The molecule has 1 aromatic rings. The summed E-state index contributed by atoms with van der Waals surface area (Å²) in [5.41, 5.74) is 0.224. The molecule has 0 spiro atoms. The van der Waals surface area contributed by atoms with Crippen molar-refractivity contribution in [2.75, 3.05) is 12.4 Å². The molecule has 0 atom stereocenters. The Bertz CT molecular complexity index is 327. The third-order valence-electron chi connectivity index (χ3n) is 1.38. The highest BCUT2D eigenvalue weighted by Gasteiger charge is 2.04. The number of anilines is 1. The lowest BCUT2D eigenvalue weighted by Crippen LogP contribution is -2.10. The van der Waals surface area contributed by atoms with E-state index in [0.29, 0.717) is 0 Å². The topological polar surface area (TPSA) is 58.6 Å². The molecule has 1 amide bonds. The predicted octanol–water partition coefficient (Wildman–Crippen LogP) is 1.71. The molecular formula is C8H8FNO3. The molecule has 0 aliphatic rings. The highest BCUT2D eigenvalue weighted by atomic mass is 19.1. The number of hydrogen-bond donors (Lipinski definition) is 2. The summed E-state index contributed by atoms with van der Waals surface area (Å²) in [4.78, 5) is 10.7. The van der Waals surface area contributed by atoms with E-state index in [1.807, 2.05) is 0 Å². The average molecular weight is 185 g/mol. The molecule has 70 valence electrons. The second kappa shape index (κ2) is 3.75. The van der Waals surface area contributed by atoms with Crippen molar-refractivity contribution in [1.29, 1.82) is 0 Å². The lowest BCUT2D eigenvalue weighted by molar-refractivity contribution is 0.187. The number of carbonyl (C=O) groups is 1. The molecule has 13 heavy (non-hydrogen) atoms. The lowest BCUT2D eigenvalue weighted by Gasteiger charge is -2.03. The quantitative estimate of drug-likeness (QED) is 0.655. The van der Waals surface area contributed by atoms with Crippen LogP contribution in [0.3, 0.4) is 0 Å². The fraction of sp³-hybridized carbons (Fsp3) is 0.125. The summed E-state index contributed by atoms with van der Waals surface area (Å²) in [6.45, 7) is 0. The predicted molar refractivity (Wildman–Crippen MR) is 44.1 cm³/mol. The number of amides is 1. The Hall–Kier alpha value is -1.78. The van der Waals surface area contributed by atoms with Crippen LogP contribution in [0.25, 0.3) is 0 Å². The highest BCUT2D eigenvalue weighted by Crippen LogP contribution is 2.19. The van der Waals surface area contributed by atoms with Gasteiger partial charge in [-0.2, -0.15) is 0 Å². The molecule has 0 fully saturated rings. The van der Waals surface area contributed by atoms with Gasteiger partial charge in [0.25, 0.3) is 0 Å². The molecule has 0 unspecified atom stereocenters. The molecular weight excluding hydrogens is 177 g/mol. The standard InChI is InChI=1S/C8H8FNO3/c1-13-8(12)10-5-2-3-7(11)6(9)4-5/h2-4,11H,1H3,(H,10,12). The molecule has 0 bridgehead atoms. The summed E-state index contributed by atoms with van der Waals surface area (Å²) in [5, 5.41) is 11.1. The Morgan fingerprint density at radius 2 is 2.31 bits per heavy atom. The highest BCUT2D eigenvalue weighted by molar-refractivity contribution is 5.84. The summed E-state index contributed by atoms with van der Waals surface area (Å²) >= 11 is 0. The first kappa shape index (κ1) is 9.31. The number of methoxy groups -OCH3 is 1. The summed E-state index contributed by atoms with van der Waals surface area (Å²) in [6.07, 6.45) is -0.690. The van der Waals surface area contributed by atoms with E-state index in [0.717, 1.165) is 12.1 Å². The third kappa shape index (κ3) is 2.33. The number of phenols is 1. The molecule has 1 rings (SSSR count). The van der Waals surface area contributed by atoms with E-state index in [4.69, 9.17) is 5.11 Å². The molecule has 0 heterocycles. The molecule has 0 aliphatic heterocycles. The van der Waals surface area contributed by atoms with Crippen LogP contribution in [0.5, 0.6) is 5.75 Å². The van der Waals surface area contributed by atoms with Gasteiger partial charge in [-0.1, -0.05) is 0 Å². The van der Waals surface area contributed by atoms with Crippen LogP contribution in [0, 0.1) is 5.82 Å². The number of benzene rings is 1. The zero-order valence-corrected chi connectivity index (χ0v) is 6.87. The van der Waals surface area contributed by atoms with Gasteiger partial charge in [0.15, 0.2) is 11.6 Å². The van der Waals surface area contributed by atoms with Crippen LogP contribution in [0.1, 0.15) is 0 Å². The van der Waals surface area contributed by atoms with Gasteiger partial charge in [0.05, 0.1) is 7.11 Å². The van der Waals surface area contributed by atoms with E-state index in [1.54, 1.807) is 0 Å². The van der Waals surface area contributed by atoms with Gasteiger partial charge in [-0.05, 0) is 12.1 Å². The second-order valence-electron chi connectivity index (χ2n) is 2.28. The number of nitrogens with one attached hydrogen (secondary N) is 1. The van der Waals surface area contributed by atoms with Crippen molar-refractivity contribution in [3.63, 3.8) is 0 Å². The molecule has 5 heteroatoms. The summed E-state index contributed by atoms with van der Waals surface area (Å²) in [6, 6.07) is 3.49. The van der Waals surface area contributed by atoms with Crippen molar-refractivity contribution < 1.29 is 19.0 Å². The van der Waals surface area contributed by atoms with Crippen LogP contribution in [0.15, 0.2) is 18.2 Å². The smallest absolute Gasteiger partial charge is 0.411 e. The van der Waals surface area contributed by atoms with Gasteiger partial charge in [-0.15, -0.1) is 0 Å². The van der Waals surface area contributed by atoms with E-state index >= 15 is 0 Å². The fourth-order valence-corrected chi connectivity index (χ4v) is 0.754. The molecule has 1 aromatic carbocycles. The molecule has 2 N–H and O–H groups in total. The van der Waals surface area contributed by atoms with Crippen LogP contribution in [-0.2, 0) is 4.74 Å². The number of carbonyl (C=O) groups excluding carboxylic acids is 1. The van der Waals surface area contributed by atoms with Crippen molar-refractivity contribution in [1.82, 2.24) is 0 Å².